The predicted octanol–water partition coefficient (Wildman–Crippen LogP) is 3.73. The van der Waals surface area contributed by atoms with Gasteiger partial charge in [-0.1, -0.05) is 26.7 Å². The second kappa shape index (κ2) is 4.93. The van der Waals surface area contributed by atoms with E-state index >= 15 is 0 Å². The van der Waals surface area contributed by atoms with Crippen molar-refractivity contribution in [3.05, 3.63) is 0 Å². The lowest BCUT2D eigenvalue weighted by Gasteiger charge is -2.11. The van der Waals surface area contributed by atoms with E-state index in [2.05, 4.69) is 13.8 Å². The Bertz CT molecular complexity index is 138. The van der Waals surface area contributed by atoms with Gasteiger partial charge in [-0.15, -0.1) is 8.20 Å². The van der Waals surface area contributed by atoms with Crippen LogP contribution in [0.5, 0.6) is 0 Å². The van der Waals surface area contributed by atoms with E-state index < -0.39 is 0 Å². The van der Waals surface area contributed by atoms with Crippen LogP contribution in [-0.4, -0.2) is 11.5 Å². The molecule has 0 saturated heterocycles. The van der Waals surface area contributed by atoms with E-state index in [0.717, 1.165) is 5.92 Å². The molecule has 0 N–H and O–H groups in total. The Morgan fingerprint density at radius 3 is 2.82 bits per heavy atom. The van der Waals surface area contributed by atoms with E-state index in [1.165, 1.54) is 38.3 Å². The highest BCUT2D eigenvalue weighted by atomic mass is 31.1. The predicted molar refractivity (Wildman–Crippen MR) is 54.7 cm³/mol. The van der Waals surface area contributed by atoms with Crippen molar-refractivity contribution in [1.29, 1.82) is 0 Å². The summed E-state index contributed by atoms with van der Waals surface area (Å²) >= 11 is 0. The summed E-state index contributed by atoms with van der Waals surface area (Å²) in [6.07, 6.45) is 8.48. The summed E-state index contributed by atoms with van der Waals surface area (Å²) in [5, 5.41) is 1.86. The second-order valence-electron chi connectivity index (χ2n) is 3.40. The molecule has 1 heterocycles. The maximum absolute atomic E-state index is 2.30. The van der Waals surface area contributed by atoms with Gasteiger partial charge in [-0.25, -0.2) is 0 Å². The fourth-order valence-electron chi connectivity index (χ4n) is 1.86. The smallest absolute Gasteiger partial charge is 0.0101 e. The second-order valence-corrected chi connectivity index (χ2v) is 4.74. The SMILES string of the molecule is CCCC1=PCCC1CCC. The number of rotatable bonds is 4. The normalized spacial score (nSPS) is 25.3. The average Bonchev–Trinajstić information content (AvgIpc) is 2.39. The van der Waals surface area contributed by atoms with Crippen LogP contribution in [0.2, 0.25) is 0 Å². The molecule has 0 spiro atoms. The van der Waals surface area contributed by atoms with Crippen molar-refractivity contribution < 1.29 is 0 Å². The molecule has 0 bridgehead atoms. The van der Waals surface area contributed by atoms with E-state index in [4.69, 9.17) is 0 Å². The monoisotopic (exact) mass is 170 g/mol. The van der Waals surface area contributed by atoms with Crippen LogP contribution in [0.1, 0.15) is 46.0 Å². The highest BCUT2D eigenvalue weighted by Crippen LogP contribution is 2.29. The molecule has 1 heteroatoms. The van der Waals surface area contributed by atoms with Crippen LogP contribution in [0.15, 0.2) is 0 Å². The highest BCUT2D eigenvalue weighted by Gasteiger charge is 2.17. The molecule has 0 radical (unpaired) electrons. The molecule has 0 aromatic carbocycles. The first-order valence-electron chi connectivity index (χ1n) is 4.91. The van der Waals surface area contributed by atoms with Crippen LogP contribution in [0, 0.1) is 5.92 Å². The lowest BCUT2D eigenvalue weighted by molar-refractivity contribution is 0.602. The molecule has 1 aliphatic heterocycles. The maximum atomic E-state index is 2.30. The standard InChI is InChI=1S/C10H19P/c1-3-5-9-7-8-11-10(9)6-4-2/h9H,3-8H2,1-2H3. The van der Waals surface area contributed by atoms with Crippen LogP contribution in [0.4, 0.5) is 0 Å². The first-order valence-corrected chi connectivity index (χ1v) is 5.99. The van der Waals surface area contributed by atoms with Crippen molar-refractivity contribution >= 4 is 13.5 Å². The Labute approximate surface area is 72.2 Å². The molecule has 0 nitrogen and oxygen atoms in total. The van der Waals surface area contributed by atoms with Gasteiger partial charge in [0.2, 0.25) is 0 Å². The fourth-order valence-corrected chi connectivity index (χ4v) is 3.48. The molecule has 0 saturated carbocycles. The highest BCUT2D eigenvalue weighted by molar-refractivity contribution is 7.41. The molecule has 0 aromatic heterocycles. The summed E-state index contributed by atoms with van der Waals surface area (Å²) in [5.74, 6) is 1.00. The Hall–Kier alpha value is 0.170. The van der Waals surface area contributed by atoms with Gasteiger partial charge in [0.15, 0.2) is 0 Å². The van der Waals surface area contributed by atoms with E-state index in [1.807, 2.05) is 5.29 Å². The molecule has 0 aliphatic carbocycles. The van der Waals surface area contributed by atoms with Crippen LogP contribution in [0.25, 0.3) is 0 Å². The summed E-state index contributed by atoms with van der Waals surface area (Å²) in [4.78, 5) is 0. The van der Waals surface area contributed by atoms with Gasteiger partial charge < -0.3 is 0 Å². The van der Waals surface area contributed by atoms with Gasteiger partial charge in [0, 0.05) is 0 Å². The Kier molecular flexibility index (Phi) is 4.15. The Morgan fingerprint density at radius 2 is 2.18 bits per heavy atom. The molecule has 0 aromatic rings. The quantitative estimate of drug-likeness (QED) is 0.564. The summed E-state index contributed by atoms with van der Waals surface area (Å²) in [6.45, 7) is 4.60. The van der Waals surface area contributed by atoms with Gasteiger partial charge >= 0.3 is 0 Å². The largest absolute Gasteiger partial charge is 0.105 e. The molecule has 64 valence electrons. The van der Waals surface area contributed by atoms with Gasteiger partial charge in [-0.2, -0.15) is 0 Å². The fraction of sp³-hybridized carbons (Fsp3) is 0.900. The van der Waals surface area contributed by atoms with Crippen molar-refractivity contribution in [3.8, 4) is 0 Å². The Morgan fingerprint density at radius 1 is 1.36 bits per heavy atom. The molecule has 0 fully saturated rings. The zero-order chi connectivity index (χ0) is 8.10. The van der Waals surface area contributed by atoms with Crippen LogP contribution in [-0.2, 0) is 0 Å². The van der Waals surface area contributed by atoms with Gasteiger partial charge in [-0.3, -0.25) is 0 Å². The van der Waals surface area contributed by atoms with Crippen molar-refractivity contribution in [1.82, 2.24) is 0 Å². The number of hydrogen-bond donors (Lipinski definition) is 0. The third kappa shape index (κ3) is 2.60. The van der Waals surface area contributed by atoms with Crippen molar-refractivity contribution in [3.63, 3.8) is 0 Å². The van der Waals surface area contributed by atoms with Crippen LogP contribution in [0.3, 0.4) is 0 Å². The van der Waals surface area contributed by atoms with E-state index in [9.17, 15) is 0 Å². The lowest BCUT2D eigenvalue weighted by Crippen LogP contribution is -2.08. The lowest BCUT2D eigenvalue weighted by atomic mass is 9.95. The van der Waals surface area contributed by atoms with Crippen molar-refractivity contribution in [2.75, 3.05) is 6.16 Å². The zero-order valence-corrected chi connectivity index (χ0v) is 8.66. The minimum absolute atomic E-state index is 1.00. The zero-order valence-electron chi connectivity index (χ0n) is 7.77. The summed E-state index contributed by atoms with van der Waals surface area (Å²) in [7, 11) is 1.67. The Balaban J connectivity index is 2.35. The van der Waals surface area contributed by atoms with Gasteiger partial charge in [0.25, 0.3) is 0 Å². The van der Waals surface area contributed by atoms with Crippen LogP contribution >= 0.6 is 8.20 Å². The van der Waals surface area contributed by atoms with Gasteiger partial charge in [0.05, 0.1) is 0 Å². The first-order chi connectivity index (χ1) is 5.38. The minimum atomic E-state index is 1.00. The van der Waals surface area contributed by atoms with E-state index in [-0.39, 0.29) is 0 Å². The summed E-state index contributed by atoms with van der Waals surface area (Å²) in [5.41, 5.74) is 0. The van der Waals surface area contributed by atoms with Crippen molar-refractivity contribution in [2.45, 2.75) is 46.0 Å². The topological polar surface area (TPSA) is 0 Å². The van der Waals surface area contributed by atoms with E-state index in [0.29, 0.717) is 0 Å². The van der Waals surface area contributed by atoms with Crippen molar-refractivity contribution in [2.24, 2.45) is 5.92 Å². The molecule has 11 heavy (non-hydrogen) atoms. The van der Waals surface area contributed by atoms with Gasteiger partial charge in [-0.05, 0) is 36.6 Å². The van der Waals surface area contributed by atoms with Crippen LogP contribution < -0.4 is 0 Å². The third-order valence-electron chi connectivity index (χ3n) is 2.41. The molecule has 1 aliphatic rings. The third-order valence-corrected chi connectivity index (χ3v) is 3.88. The summed E-state index contributed by atoms with van der Waals surface area (Å²) < 4.78 is 0. The molecular formula is C10H19P. The number of hydrogen-bond acceptors (Lipinski definition) is 0. The van der Waals surface area contributed by atoms with Gasteiger partial charge in [0.1, 0.15) is 0 Å². The maximum Gasteiger partial charge on any atom is -0.0101 e. The summed E-state index contributed by atoms with van der Waals surface area (Å²) in [6, 6.07) is 0. The van der Waals surface area contributed by atoms with E-state index in [1.54, 1.807) is 8.20 Å². The molecule has 1 rings (SSSR count). The minimum Gasteiger partial charge on any atom is -0.105 e. The molecule has 1 unspecified atom stereocenters. The molecular weight excluding hydrogens is 151 g/mol. The average molecular weight is 170 g/mol. The molecule has 1 atom stereocenters. The molecule has 0 amide bonds. The first kappa shape index (κ1) is 9.26.